The molecule has 0 unspecified atom stereocenters. The molecular weight excluding hydrogens is 242 g/mol. The highest BCUT2D eigenvalue weighted by Crippen LogP contribution is 2.12. The predicted molar refractivity (Wildman–Crippen MR) is 72.5 cm³/mol. The van der Waals surface area contributed by atoms with Crippen LogP contribution in [-0.2, 0) is 13.6 Å². The molecule has 3 N–H and O–H groups in total. The van der Waals surface area contributed by atoms with Crippen molar-refractivity contribution in [3.05, 3.63) is 41.0 Å². The summed E-state index contributed by atoms with van der Waals surface area (Å²) in [7, 11) is 1.86. The Bertz CT molecular complexity index is 617. The topological polar surface area (TPSA) is 85.8 Å². The zero-order valence-corrected chi connectivity index (χ0v) is 11.3. The van der Waals surface area contributed by atoms with E-state index in [4.69, 9.17) is 5.73 Å². The monoisotopic (exact) mass is 259 g/mol. The van der Waals surface area contributed by atoms with Gasteiger partial charge in [-0.05, 0) is 19.9 Å². The number of nitrogens with one attached hydrogen (secondary N) is 1. The molecule has 0 saturated heterocycles. The first-order valence-corrected chi connectivity index (χ1v) is 5.97. The molecule has 2 rings (SSSR count). The van der Waals surface area contributed by atoms with E-state index in [9.17, 15) is 4.79 Å². The predicted octanol–water partition coefficient (Wildman–Crippen LogP) is 0.944. The lowest BCUT2D eigenvalue weighted by Crippen LogP contribution is -2.24. The van der Waals surface area contributed by atoms with Gasteiger partial charge in [0.2, 0.25) is 0 Å². The molecular formula is C13H17N5O. The minimum Gasteiger partial charge on any atom is -0.398 e. The van der Waals surface area contributed by atoms with E-state index in [0.29, 0.717) is 17.8 Å². The van der Waals surface area contributed by atoms with Crippen molar-refractivity contribution in [1.82, 2.24) is 20.1 Å². The SMILES string of the molecule is Cc1cc(N)c(C(=O)NCc2cnn(C)c2C)cn1. The van der Waals surface area contributed by atoms with E-state index in [-0.39, 0.29) is 5.91 Å². The third kappa shape index (κ3) is 2.73. The number of aryl methyl sites for hydroxylation is 2. The van der Waals surface area contributed by atoms with Crippen molar-refractivity contribution in [2.45, 2.75) is 20.4 Å². The van der Waals surface area contributed by atoms with Crippen molar-refractivity contribution in [3.63, 3.8) is 0 Å². The summed E-state index contributed by atoms with van der Waals surface area (Å²) in [4.78, 5) is 16.1. The summed E-state index contributed by atoms with van der Waals surface area (Å²) in [5.41, 5.74) is 9.43. The highest BCUT2D eigenvalue weighted by molar-refractivity contribution is 5.98. The van der Waals surface area contributed by atoms with Gasteiger partial charge in [0.1, 0.15) is 0 Å². The second-order valence-electron chi connectivity index (χ2n) is 4.47. The molecule has 2 heterocycles. The molecule has 0 saturated carbocycles. The summed E-state index contributed by atoms with van der Waals surface area (Å²) in [5, 5.41) is 6.94. The summed E-state index contributed by atoms with van der Waals surface area (Å²) in [5.74, 6) is -0.228. The second-order valence-corrected chi connectivity index (χ2v) is 4.47. The molecule has 100 valence electrons. The lowest BCUT2D eigenvalue weighted by atomic mass is 10.2. The molecule has 0 radical (unpaired) electrons. The minimum absolute atomic E-state index is 0.228. The number of amides is 1. The quantitative estimate of drug-likeness (QED) is 0.859. The third-order valence-corrected chi connectivity index (χ3v) is 3.09. The molecule has 0 fully saturated rings. The van der Waals surface area contributed by atoms with Crippen LogP contribution in [0.1, 0.15) is 27.3 Å². The molecule has 0 aliphatic rings. The Balaban J connectivity index is 2.07. The van der Waals surface area contributed by atoms with Crippen LogP contribution >= 0.6 is 0 Å². The number of carbonyl (C=O) groups excluding carboxylic acids is 1. The Morgan fingerprint density at radius 2 is 2.16 bits per heavy atom. The van der Waals surface area contributed by atoms with E-state index in [1.54, 1.807) is 16.9 Å². The molecule has 0 bridgehead atoms. The number of nitrogens with zero attached hydrogens (tertiary/aromatic N) is 3. The van der Waals surface area contributed by atoms with Crippen molar-refractivity contribution < 1.29 is 4.79 Å². The third-order valence-electron chi connectivity index (χ3n) is 3.09. The molecule has 0 atom stereocenters. The van der Waals surface area contributed by atoms with Crippen LogP contribution in [0.25, 0.3) is 0 Å². The van der Waals surface area contributed by atoms with Gasteiger partial charge in [0.05, 0.1) is 11.8 Å². The van der Waals surface area contributed by atoms with E-state index < -0.39 is 0 Å². The van der Waals surface area contributed by atoms with Gasteiger partial charge in [-0.25, -0.2) is 0 Å². The van der Waals surface area contributed by atoms with Crippen LogP contribution in [0, 0.1) is 13.8 Å². The van der Waals surface area contributed by atoms with Crippen LogP contribution in [0.15, 0.2) is 18.5 Å². The second kappa shape index (κ2) is 5.09. The van der Waals surface area contributed by atoms with Crippen molar-refractivity contribution in [3.8, 4) is 0 Å². The van der Waals surface area contributed by atoms with Crippen molar-refractivity contribution in [2.75, 3.05) is 5.73 Å². The molecule has 6 heteroatoms. The van der Waals surface area contributed by atoms with Crippen molar-refractivity contribution >= 4 is 11.6 Å². The maximum Gasteiger partial charge on any atom is 0.255 e. The van der Waals surface area contributed by atoms with Crippen LogP contribution < -0.4 is 11.1 Å². The summed E-state index contributed by atoms with van der Waals surface area (Å²) >= 11 is 0. The summed E-state index contributed by atoms with van der Waals surface area (Å²) in [6.07, 6.45) is 3.24. The van der Waals surface area contributed by atoms with Gasteiger partial charge in [0, 0.05) is 42.4 Å². The van der Waals surface area contributed by atoms with E-state index in [1.807, 2.05) is 20.9 Å². The van der Waals surface area contributed by atoms with E-state index in [1.165, 1.54) is 6.20 Å². The van der Waals surface area contributed by atoms with Gasteiger partial charge in [0.15, 0.2) is 0 Å². The van der Waals surface area contributed by atoms with Crippen LogP contribution in [0.3, 0.4) is 0 Å². The number of pyridine rings is 1. The van der Waals surface area contributed by atoms with Crippen LogP contribution in [0.5, 0.6) is 0 Å². The Labute approximate surface area is 111 Å². The van der Waals surface area contributed by atoms with Crippen molar-refractivity contribution in [1.29, 1.82) is 0 Å². The average molecular weight is 259 g/mol. The minimum atomic E-state index is -0.228. The fourth-order valence-electron chi connectivity index (χ4n) is 1.76. The Kier molecular flexibility index (Phi) is 3.50. The molecule has 2 aromatic heterocycles. The Morgan fingerprint density at radius 1 is 1.42 bits per heavy atom. The number of nitrogen functional groups attached to an aromatic ring is 1. The lowest BCUT2D eigenvalue weighted by Gasteiger charge is -2.07. The Morgan fingerprint density at radius 3 is 2.74 bits per heavy atom. The van der Waals surface area contributed by atoms with Gasteiger partial charge in [-0.15, -0.1) is 0 Å². The van der Waals surface area contributed by atoms with E-state index in [2.05, 4.69) is 15.4 Å². The average Bonchev–Trinajstić information content (AvgIpc) is 2.67. The molecule has 6 nitrogen and oxygen atoms in total. The molecule has 1 amide bonds. The first-order chi connectivity index (χ1) is 8.99. The number of nitrogens with two attached hydrogens (primary N) is 1. The fraction of sp³-hybridized carbons (Fsp3) is 0.308. The van der Waals surface area contributed by atoms with Crippen molar-refractivity contribution in [2.24, 2.45) is 7.05 Å². The zero-order chi connectivity index (χ0) is 14.0. The number of rotatable bonds is 3. The number of hydrogen-bond acceptors (Lipinski definition) is 4. The fourth-order valence-corrected chi connectivity index (χ4v) is 1.76. The lowest BCUT2D eigenvalue weighted by molar-refractivity contribution is 0.0951. The molecule has 0 aliphatic heterocycles. The standard InChI is InChI=1S/C13H17N5O/c1-8-4-12(14)11(7-15-8)13(19)16-5-10-6-17-18(3)9(10)2/h4,6-7H,5H2,1-3H3,(H2,14,15)(H,16,19). The zero-order valence-electron chi connectivity index (χ0n) is 11.3. The first-order valence-electron chi connectivity index (χ1n) is 5.97. The first kappa shape index (κ1) is 13.1. The number of aromatic nitrogens is 3. The highest BCUT2D eigenvalue weighted by atomic mass is 16.1. The Hall–Kier alpha value is -2.37. The smallest absolute Gasteiger partial charge is 0.255 e. The van der Waals surface area contributed by atoms with Gasteiger partial charge >= 0.3 is 0 Å². The molecule has 19 heavy (non-hydrogen) atoms. The molecule has 0 aliphatic carbocycles. The largest absolute Gasteiger partial charge is 0.398 e. The molecule has 0 spiro atoms. The van der Waals surface area contributed by atoms with Gasteiger partial charge in [-0.2, -0.15) is 5.10 Å². The van der Waals surface area contributed by atoms with Crippen LogP contribution in [-0.4, -0.2) is 20.7 Å². The van der Waals surface area contributed by atoms with Gasteiger partial charge in [0.25, 0.3) is 5.91 Å². The summed E-state index contributed by atoms with van der Waals surface area (Å²) in [6, 6.07) is 1.68. The van der Waals surface area contributed by atoms with Gasteiger partial charge < -0.3 is 11.1 Å². The van der Waals surface area contributed by atoms with E-state index >= 15 is 0 Å². The van der Waals surface area contributed by atoms with Crippen LogP contribution in [0.2, 0.25) is 0 Å². The maximum absolute atomic E-state index is 12.0. The normalized spacial score (nSPS) is 10.5. The maximum atomic E-state index is 12.0. The summed E-state index contributed by atoms with van der Waals surface area (Å²) in [6.45, 7) is 4.21. The van der Waals surface area contributed by atoms with E-state index in [0.717, 1.165) is 17.0 Å². The van der Waals surface area contributed by atoms with Crippen LogP contribution in [0.4, 0.5) is 5.69 Å². The summed E-state index contributed by atoms with van der Waals surface area (Å²) < 4.78 is 1.77. The highest BCUT2D eigenvalue weighted by Gasteiger charge is 2.11. The molecule has 2 aromatic rings. The van der Waals surface area contributed by atoms with Gasteiger partial charge in [-0.1, -0.05) is 0 Å². The number of hydrogen-bond donors (Lipinski definition) is 2. The number of anilines is 1. The van der Waals surface area contributed by atoms with Gasteiger partial charge in [-0.3, -0.25) is 14.5 Å². The number of carbonyl (C=O) groups is 1. The molecule has 0 aromatic carbocycles.